The minimum Gasteiger partial charge on any atom is -0.393 e. The molecule has 0 aromatic heterocycles. The van der Waals surface area contributed by atoms with E-state index in [2.05, 4.69) is 25.2 Å². The van der Waals surface area contributed by atoms with E-state index in [0.29, 0.717) is 0 Å². The topological polar surface area (TPSA) is 20.2 Å². The predicted octanol–water partition coefficient (Wildman–Crippen LogP) is 4.23. The van der Waals surface area contributed by atoms with Crippen molar-refractivity contribution in [2.24, 2.45) is 5.92 Å². The Balaban J connectivity index is 2.05. The standard InChI is InChI=1S/C15H26O/c1-3-14-10-11-15(12-14)9-7-5-4-6-8-13(2)16/h3,7,9,13,15-16H,4-6,8,10-12H2,1-2H3/b9-7+,14-3+/t13-,15+/m1/s1. The van der Waals surface area contributed by atoms with Crippen LogP contribution in [0.4, 0.5) is 0 Å². The fourth-order valence-corrected chi connectivity index (χ4v) is 2.33. The third kappa shape index (κ3) is 5.50. The number of unbranched alkanes of at least 4 members (excludes halogenated alkanes) is 2. The van der Waals surface area contributed by atoms with E-state index in [9.17, 15) is 0 Å². The fraction of sp³-hybridized carbons (Fsp3) is 0.733. The number of allylic oxidation sites excluding steroid dienone is 4. The molecule has 92 valence electrons. The Hall–Kier alpha value is -0.560. The average molecular weight is 222 g/mol. The van der Waals surface area contributed by atoms with Gasteiger partial charge in [-0.05, 0) is 58.3 Å². The molecule has 1 heteroatoms. The Kier molecular flexibility index (Phi) is 6.47. The molecule has 0 unspecified atom stereocenters. The molecule has 0 aromatic rings. The lowest BCUT2D eigenvalue weighted by Gasteiger charge is -2.02. The maximum Gasteiger partial charge on any atom is 0.0512 e. The molecule has 0 aliphatic heterocycles. The van der Waals surface area contributed by atoms with Gasteiger partial charge in [-0.15, -0.1) is 0 Å². The molecule has 1 nitrogen and oxygen atoms in total. The normalized spacial score (nSPS) is 25.7. The molecule has 1 N–H and O–H groups in total. The number of hydrogen-bond donors (Lipinski definition) is 1. The highest BCUT2D eigenvalue weighted by molar-refractivity contribution is 5.10. The maximum absolute atomic E-state index is 9.11. The molecular weight excluding hydrogens is 196 g/mol. The van der Waals surface area contributed by atoms with Crippen LogP contribution < -0.4 is 0 Å². The Morgan fingerprint density at radius 2 is 2.25 bits per heavy atom. The van der Waals surface area contributed by atoms with Crippen molar-refractivity contribution in [3.8, 4) is 0 Å². The van der Waals surface area contributed by atoms with Crippen molar-refractivity contribution in [1.29, 1.82) is 0 Å². The smallest absolute Gasteiger partial charge is 0.0512 e. The largest absolute Gasteiger partial charge is 0.393 e. The summed E-state index contributed by atoms with van der Waals surface area (Å²) in [5.74, 6) is 0.794. The number of aliphatic hydroxyl groups excluding tert-OH is 1. The van der Waals surface area contributed by atoms with Crippen molar-refractivity contribution < 1.29 is 5.11 Å². The van der Waals surface area contributed by atoms with Gasteiger partial charge in [0, 0.05) is 0 Å². The van der Waals surface area contributed by atoms with Crippen LogP contribution in [0.3, 0.4) is 0 Å². The molecule has 0 bridgehead atoms. The molecule has 16 heavy (non-hydrogen) atoms. The van der Waals surface area contributed by atoms with Gasteiger partial charge in [0.15, 0.2) is 0 Å². The van der Waals surface area contributed by atoms with E-state index in [1.165, 1.54) is 32.1 Å². The third-order valence-corrected chi connectivity index (χ3v) is 3.42. The first kappa shape index (κ1) is 13.5. The predicted molar refractivity (Wildman–Crippen MR) is 70.4 cm³/mol. The molecule has 1 saturated carbocycles. The van der Waals surface area contributed by atoms with Crippen LogP contribution in [-0.4, -0.2) is 11.2 Å². The summed E-state index contributed by atoms with van der Waals surface area (Å²) in [6.07, 6.45) is 15.3. The highest BCUT2D eigenvalue weighted by Crippen LogP contribution is 2.30. The number of hydrogen-bond acceptors (Lipinski definition) is 1. The molecule has 0 radical (unpaired) electrons. The SMILES string of the molecule is C/C=C1\CC[C@H](/C=C/CCCC[C@@H](C)O)C1. The third-order valence-electron chi connectivity index (χ3n) is 3.42. The molecule has 1 aliphatic carbocycles. The van der Waals surface area contributed by atoms with E-state index in [1.807, 2.05) is 6.92 Å². The van der Waals surface area contributed by atoms with Gasteiger partial charge in [0.25, 0.3) is 0 Å². The van der Waals surface area contributed by atoms with E-state index >= 15 is 0 Å². The minimum absolute atomic E-state index is 0.129. The summed E-state index contributed by atoms with van der Waals surface area (Å²) in [7, 11) is 0. The zero-order chi connectivity index (χ0) is 11.8. The average Bonchev–Trinajstić information content (AvgIpc) is 2.70. The van der Waals surface area contributed by atoms with Gasteiger partial charge in [-0.25, -0.2) is 0 Å². The monoisotopic (exact) mass is 222 g/mol. The van der Waals surface area contributed by atoms with Gasteiger partial charge in [0.2, 0.25) is 0 Å². The molecule has 1 fully saturated rings. The van der Waals surface area contributed by atoms with Gasteiger partial charge in [-0.2, -0.15) is 0 Å². The van der Waals surface area contributed by atoms with Crippen LogP contribution in [0.2, 0.25) is 0 Å². The first-order chi connectivity index (χ1) is 7.72. The highest BCUT2D eigenvalue weighted by atomic mass is 16.3. The first-order valence-corrected chi connectivity index (χ1v) is 6.71. The quantitative estimate of drug-likeness (QED) is 0.526. The summed E-state index contributed by atoms with van der Waals surface area (Å²) in [4.78, 5) is 0. The lowest BCUT2D eigenvalue weighted by Crippen LogP contribution is -1.97. The van der Waals surface area contributed by atoms with Gasteiger partial charge < -0.3 is 5.11 Å². The molecule has 1 aliphatic rings. The van der Waals surface area contributed by atoms with Crippen molar-refractivity contribution in [3.05, 3.63) is 23.8 Å². The van der Waals surface area contributed by atoms with E-state index in [0.717, 1.165) is 18.8 Å². The zero-order valence-corrected chi connectivity index (χ0v) is 10.8. The van der Waals surface area contributed by atoms with Gasteiger partial charge in [0.1, 0.15) is 0 Å². The molecule has 1 rings (SSSR count). The van der Waals surface area contributed by atoms with Crippen LogP contribution in [0.15, 0.2) is 23.8 Å². The van der Waals surface area contributed by atoms with Crippen molar-refractivity contribution in [2.75, 3.05) is 0 Å². The summed E-state index contributed by atoms with van der Waals surface area (Å²) in [6, 6.07) is 0. The van der Waals surface area contributed by atoms with Crippen LogP contribution in [-0.2, 0) is 0 Å². The number of aliphatic hydroxyl groups is 1. The lowest BCUT2D eigenvalue weighted by molar-refractivity contribution is 0.181. The van der Waals surface area contributed by atoms with Crippen LogP contribution in [0.1, 0.15) is 58.8 Å². The zero-order valence-electron chi connectivity index (χ0n) is 10.8. The maximum atomic E-state index is 9.11. The van der Waals surface area contributed by atoms with E-state index in [-0.39, 0.29) is 6.10 Å². The van der Waals surface area contributed by atoms with Crippen LogP contribution in [0.5, 0.6) is 0 Å². The van der Waals surface area contributed by atoms with E-state index in [4.69, 9.17) is 5.11 Å². The second-order valence-corrected chi connectivity index (χ2v) is 5.01. The van der Waals surface area contributed by atoms with Crippen molar-refractivity contribution in [1.82, 2.24) is 0 Å². The summed E-state index contributed by atoms with van der Waals surface area (Å²) >= 11 is 0. The molecule has 0 spiro atoms. The van der Waals surface area contributed by atoms with Gasteiger partial charge in [-0.1, -0.05) is 30.2 Å². The summed E-state index contributed by atoms with van der Waals surface area (Å²) in [5.41, 5.74) is 1.63. The fourth-order valence-electron chi connectivity index (χ4n) is 2.33. The van der Waals surface area contributed by atoms with Crippen LogP contribution in [0, 0.1) is 5.92 Å². The molecule has 2 atom stereocenters. The summed E-state index contributed by atoms with van der Waals surface area (Å²) < 4.78 is 0. The van der Waals surface area contributed by atoms with Crippen LogP contribution in [0.25, 0.3) is 0 Å². The van der Waals surface area contributed by atoms with Crippen LogP contribution >= 0.6 is 0 Å². The Morgan fingerprint density at radius 1 is 1.44 bits per heavy atom. The summed E-state index contributed by atoms with van der Waals surface area (Å²) in [5, 5.41) is 9.11. The van der Waals surface area contributed by atoms with Gasteiger partial charge >= 0.3 is 0 Å². The Bertz CT molecular complexity index is 238. The molecule has 0 aromatic carbocycles. The first-order valence-electron chi connectivity index (χ1n) is 6.71. The van der Waals surface area contributed by atoms with Crippen molar-refractivity contribution >= 4 is 0 Å². The van der Waals surface area contributed by atoms with E-state index < -0.39 is 0 Å². The van der Waals surface area contributed by atoms with Crippen molar-refractivity contribution in [2.45, 2.75) is 64.9 Å². The molecular formula is C15H26O. The Morgan fingerprint density at radius 3 is 2.88 bits per heavy atom. The molecule has 0 saturated heterocycles. The van der Waals surface area contributed by atoms with Crippen molar-refractivity contribution in [3.63, 3.8) is 0 Å². The second kappa shape index (κ2) is 7.67. The van der Waals surface area contributed by atoms with Gasteiger partial charge in [0.05, 0.1) is 6.10 Å². The second-order valence-electron chi connectivity index (χ2n) is 5.01. The number of rotatable bonds is 6. The summed E-state index contributed by atoms with van der Waals surface area (Å²) in [6.45, 7) is 4.02. The molecule has 0 heterocycles. The Labute approximate surface area is 100 Å². The highest BCUT2D eigenvalue weighted by Gasteiger charge is 2.15. The van der Waals surface area contributed by atoms with E-state index in [1.54, 1.807) is 5.57 Å². The lowest BCUT2D eigenvalue weighted by atomic mass is 10.1. The minimum atomic E-state index is -0.129. The van der Waals surface area contributed by atoms with Gasteiger partial charge in [-0.3, -0.25) is 0 Å². The molecule has 0 amide bonds.